The number of aromatic nitrogens is 1. The zero-order valence-electron chi connectivity index (χ0n) is 18.0. The van der Waals surface area contributed by atoms with Crippen LogP contribution in [0.25, 0.3) is 0 Å². The van der Waals surface area contributed by atoms with Crippen LogP contribution < -0.4 is 10.1 Å². The van der Waals surface area contributed by atoms with Gasteiger partial charge in [-0.15, -0.1) is 0 Å². The molecule has 0 atom stereocenters. The van der Waals surface area contributed by atoms with Crippen LogP contribution in [-0.4, -0.2) is 48.6 Å². The van der Waals surface area contributed by atoms with Crippen LogP contribution >= 0.6 is 11.6 Å². The molecule has 3 rings (SSSR count). The summed E-state index contributed by atoms with van der Waals surface area (Å²) in [5.41, 5.74) is 2.37. The molecule has 0 radical (unpaired) electrons. The highest BCUT2D eigenvalue weighted by Crippen LogP contribution is 2.24. The standard InChI is InChI=1S/C24H23ClN4O3/c1-29(2)23(26)15-4-6-16(7-5-15)24(31)28-21-11-10-19(32-3)13-20(21)22(30)12-18-9-8-17(25)14-27-18/h4-11,13-14,26H,12H2,1-3H3,(H,28,31). The predicted molar refractivity (Wildman–Crippen MR) is 125 cm³/mol. The first kappa shape index (κ1) is 23.0. The zero-order chi connectivity index (χ0) is 23.3. The number of halogens is 1. The Morgan fingerprint density at radius 3 is 2.34 bits per heavy atom. The molecule has 0 unspecified atom stereocenters. The van der Waals surface area contributed by atoms with E-state index in [1.165, 1.54) is 13.3 Å². The summed E-state index contributed by atoms with van der Waals surface area (Å²) in [6.07, 6.45) is 1.53. The number of ketones is 1. The van der Waals surface area contributed by atoms with Gasteiger partial charge in [0.1, 0.15) is 11.6 Å². The van der Waals surface area contributed by atoms with Crippen molar-refractivity contribution in [3.63, 3.8) is 0 Å². The number of ether oxygens (including phenoxy) is 1. The predicted octanol–water partition coefficient (Wildman–Crippen LogP) is 4.31. The van der Waals surface area contributed by atoms with Gasteiger partial charge in [-0.3, -0.25) is 20.0 Å². The maximum absolute atomic E-state index is 13.0. The lowest BCUT2D eigenvalue weighted by Gasteiger charge is -2.14. The number of benzene rings is 2. The number of rotatable bonds is 7. The minimum absolute atomic E-state index is 0.0501. The number of amidine groups is 1. The average molecular weight is 451 g/mol. The van der Waals surface area contributed by atoms with Crippen LogP contribution in [0, 0.1) is 5.41 Å². The van der Waals surface area contributed by atoms with E-state index in [1.807, 2.05) is 0 Å². The molecule has 0 saturated heterocycles. The van der Waals surface area contributed by atoms with Crippen molar-refractivity contribution in [3.05, 3.63) is 88.2 Å². The molecule has 1 aromatic heterocycles. The largest absolute Gasteiger partial charge is 0.497 e. The number of nitrogens with zero attached hydrogens (tertiary/aromatic N) is 2. The molecule has 3 aromatic rings. The van der Waals surface area contributed by atoms with Crippen molar-refractivity contribution in [1.29, 1.82) is 5.41 Å². The van der Waals surface area contributed by atoms with Gasteiger partial charge in [-0.25, -0.2) is 0 Å². The number of hydrogen-bond donors (Lipinski definition) is 2. The Morgan fingerprint density at radius 2 is 1.75 bits per heavy atom. The fraction of sp³-hybridized carbons (Fsp3) is 0.167. The molecule has 1 heterocycles. The van der Waals surface area contributed by atoms with Gasteiger partial charge < -0.3 is 15.0 Å². The summed E-state index contributed by atoms with van der Waals surface area (Å²) < 4.78 is 5.25. The summed E-state index contributed by atoms with van der Waals surface area (Å²) in [6, 6.07) is 15.0. The monoisotopic (exact) mass is 450 g/mol. The van der Waals surface area contributed by atoms with Gasteiger partial charge in [0.15, 0.2) is 5.78 Å². The Hall–Kier alpha value is -3.71. The molecule has 1 amide bonds. The zero-order valence-corrected chi connectivity index (χ0v) is 18.7. The van der Waals surface area contributed by atoms with E-state index in [1.54, 1.807) is 73.6 Å². The molecule has 0 aliphatic rings. The SMILES string of the molecule is COc1ccc(NC(=O)c2ccc(C(=N)N(C)C)cc2)c(C(=O)Cc2ccc(Cl)cn2)c1. The molecule has 2 aromatic carbocycles. The molecule has 0 saturated carbocycles. The highest BCUT2D eigenvalue weighted by atomic mass is 35.5. The fourth-order valence-corrected chi connectivity index (χ4v) is 3.10. The van der Waals surface area contributed by atoms with E-state index < -0.39 is 0 Å². The Bertz CT molecular complexity index is 1140. The van der Waals surface area contributed by atoms with Crippen molar-refractivity contribution in [3.8, 4) is 5.75 Å². The normalized spacial score (nSPS) is 10.4. The van der Waals surface area contributed by atoms with Crippen molar-refractivity contribution >= 4 is 34.8 Å². The molecule has 7 nitrogen and oxygen atoms in total. The van der Waals surface area contributed by atoms with Gasteiger partial charge in [0.2, 0.25) is 0 Å². The molecule has 0 aliphatic heterocycles. The summed E-state index contributed by atoms with van der Waals surface area (Å²) in [7, 11) is 5.07. The van der Waals surface area contributed by atoms with Gasteiger partial charge in [-0.2, -0.15) is 0 Å². The molecular formula is C24H23ClN4O3. The van der Waals surface area contributed by atoms with Crippen LogP contribution in [0.4, 0.5) is 5.69 Å². The third-order valence-corrected chi connectivity index (χ3v) is 5.00. The van der Waals surface area contributed by atoms with Gasteiger partial charge >= 0.3 is 0 Å². The van der Waals surface area contributed by atoms with E-state index in [0.29, 0.717) is 44.7 Å². The van der Waals surface area contributed by atoms with Crippen LogP contribution in [0.1, 0.15) is 32.0 Å². The second kappa shape index (κ2) is 10.1. The number of anilines is 1. The van der Waals surface area contributed by atoms with Crippen molar-refractivity contribution < 1.29 is 14.3 Å². The third kappa shape index (κ3) is 5.50. The summed E-state index contributed by atoms with van der Waals surface area (Å²) in [6.45, 7) is 0. The molecule has 32 heavy (non-hydrogen) atoms. The number of carbonyl (C=O) groups excluding carboxylic acids is 2. The van der Waals surface area contributed by atoms with Crippen molar-refractivity contribution in [2.45, 2.75) is 6.42 Å². The molecular weight excluding hydrogens is 428 g/mol. The number of nitrogens with one attached hydrogen (secondary N) is 2. The van der Waals surface area contributed by atoms with Crippen molar-refractivity contribution in [2.75, 3.05) is 26.5 Å². The molecule has 0 fully saturated rings. The molecule has 164 valence electrons. The Kier molecular flexibility index (Phi) is 7.22. The molecule has 2 N–H and O–H groups in total. The van der Waals surface area contributed by atoms with Crippen LogP contribution in [-0.2, 0) is 6.42 Å². The van der Waals surface area contributed by atoms with Crippen molar-refractivity contribution in [2.24, 2.45) is 0 Å². The Labute approximate surface area is 191 Å². The highest BCUT2D eigenvalue weighted by molar-refractivity contribution is 6.30. The first-order chi connectivity index (χ1) is 15.3. The van der Waals surface area contributed by atoms with Crippen LogP contribution in [0.2, 0.25) is 5.02 Å². The maximum Gasteiger partial charge on any atom is 0.255 e. The first-order valence-corrected chi connectivity index (χ1v) is 10.2. The van der Waals surface area contributed by atoms with Gasteiger partial charge in [-0.1, -0.05) is 23.7 Å². The topological polar surface area (TPSA) is 95.4 Å². The average Bonchev–Trinajstić information content (AvgIpc) is 2.80. The molecule has 0 spiro atoms. The Balaban J connectivity index is 1.82. The van der Waals surface area contributed by atoms with Gasteiger partial charge in [0.25, 0.3) is 5.91 Å². The van der Waals surface area contributed by atoms with Gasteiger partial charge in [0, 0.05) is 42.7 Å². The summed E-state index contributed by atoms with van der Waals surface area (Å²) in [4.78, 5) is 31.6. The maximum atomic E-state index is 13.0. The fourth-order valence-electron chi connectivity index (χ4n) is 2.99. The second-order valence-corrected chi connectivity index (χ2v) is 7.69. The highest BCUT2D eigenvalue weighted by Gasteiger charge is 2.17. The molecule has 0 aliphatic carbocycles. The first-order valence-electron chi connectivity index (χ1n) is 9.78. The minimum Gasteiger partial charge on any atom is -0.497 e. The number of hydrogen-bond acceptors (Lipinski definition) is 5. The van der Waals surface area contributed by atoms with Crippen LogP contribution in [0.5, 0.6) is 5.75 Å². The number of Topliss-reactive ketones (excluding diaryl/α,β-unsaturated/α-hetero) is 1. The molecule has 8 heteroatoms. The third-order valence-electron chi connectivity index (χ3n) is 4.77. The number of amides is 1. The lowest BCUT2D eigenvalue weighted by molar-refractivity contribution is 0.0992. The summed E-state index contributed by atoms with van der Waals surface area (Å²) >= 11 is 5.86. The summed E-state index contributed by atoms with van der Waals surface area (Å²) in [5, 5.41) is 11.3. The van der Waals surface area contributed by atoms with E-state index in [2.05, 4.69) is 10.3 Å². The van der Waals surface area contributed by atoms with E-state index >= 15 is 0 Å². The Morgan fingerprint density at radius 1 is 1.06 bits per heavy atom. The number of methoxy groups -OCH3 is 1. The van der Waals surface area contributed by atoms with Crippen molar-refractivity contribution in [1.82, 2.24) is 9.88 Å². The van der Waals surface area contributed by atoms with E-state index in [4.69, 9.17) is 21.7 Å². The van der Waals surface area contributed by atoms with E-state index in [9.17, 15) is 9.59 Å². The lowest BCUT2D eigenvalue weighted by atomic mass is 10.0. The van der Waals surface area contributed by atoms with Crippen LogP contribution in [0.3, 0.4) is 0 Å². The molecule has 0 bridgehead atoms. The number of pyridine rings is 1. The smallest absolute Gasteiger partial charge is 0.255 e. The van der Waals surface area contributed by atoms with Gasteiger partial charge in [-0.05, 0) is 42.5 Å². The van der Waals surface area contributed by atoms with E-state index in [-0.39, 0.29) is 18.1 Å². The minimum atomic E-state index is -0.364. The summed E-state index contributed by atoms with van der Waals surface area (Å²) in [5.74, 6) is 0.262. The quantitative estimate of drug-likeness (QED) is 0.318. The number of carbonyl (C=O) groups is 2. The lowest BCUT2D eigenvalue weighted by Crippen LogP contribution is -2.22. The van der Waals surface area contributed by atoms with Crippen LogP contribution in [0.15, 0.2) is 60.8 Å². The van der Waals surface area contributed by atoms with E-state index in [0.717, 1.165) is 0 Å². The van der Waals surface area contributed by atoms with Gasteiger partial charge in [0.05, 0.1) is 24.2 Å². The second-order valence-electron chi connectivity index (χ2n) is 7.25.